The third-order valence-corrected chi connectivity index (χ3v) is 5.54. The van der Waals surface area contributed by atoms with Gasteiger partial charge in [0.1, 0.15) is 5.65 Å². The highest BCUT2D eigenvalue weighted by molar-refractivity contribution is 8.04. The molecule has 4 rings (SSSR count). The third-order valence-electron chi connectivity index (χ3n) is 4.55. The second kappa shape index (κ2) is 8.12. The molecule has 0 aliphatic carbocycles. The lowest BCUT2D eigenvalue weighted by Crippen LogP contribution is -2.33. The van der Waals surface area contributed by atoms with Gasteiger partial charge in [-0.15, -0.1) is 24.2 Å². The molecule has 0 unspecified atom stereocenters. The zero-order chi connectivity index (χ0) is 16.4. The number of amides is 1. The summed E-state index contributed by atoms with van der Waals surface area (Å²) in [6.07, 6.45) is 6.81. The van der Waals surface area contributed by atoms with Crippen LogP contribution in [0.1, 0.15) is 6.42 Å². The zero-order valence-electron chi connectivity index (χ0n) is 13.8. The molecule has 6 nitrogen and oxygen atoms in total. The van der Waals surface area contributed by atoms with Crippen molar-refractivity contribution in [3.8, 4) is 0 Å². The number of thioether (sulfide) groups is 1. The summed E-state index contributed by atoms with van der Waals surface area (Å²) in [4.78, 5) is 22.9. The number of hydrogen-bond donors (Lipinski definition) is 3. The fourth-order valence-corrected chi connectivity index (χ4v) is 4.13. The molecule has 0 radical (unpaired) electrons. The summed E-state index contributed by atoms with van der Waals surface area (Å²) in [5.74, 6) is 1.49. The molecule has 3 N–H and O–H groups in total. The van der Waals surface area contributed by atoms with E-state index in [9.17, 15) is 4.79 Å². The number of nitrogens with one attached hydrogen (secondary N) is 3. The van der Waals surface area contributed by atoms with Crippen LogP contribution in [0.2, 0.25) is 0 Å². The number of carbonyl (C=O) groups excluding carboxylic acids is 1. The molecule has 2 aromatic heterocycles. The van der Waals surface area contributed by atoms with Crippen molar-refractivity contribution in [2.24, 2.45) is 5.92 Å². The number of halogens is 1. The van der Waals surface area contributed by atoms with Crippen molar-refractivity contribution in [2.45, 2.75) is 6.42 Å². The lowest BCUT2D eigenvalue weighted by Gasteiger charge is -2.26. The second-order valence-corrected chi connectivity index (χ2v) is 7.31. The number of carbonyl (C=O) groups is 1. The lowest BCUT2D eigenvalue weighted by molar-refractivity contribution is -0.117. The average Bonchev–Trinajstić information content (AvgIpc) is 3.30. The number of aromatic nitrogens is 2. The Morgan fingerprint density at radius 1 is 1.44 bits per heavy atom. The molecule has 0 aromatic carbocycles. The Balaban J connectivity index is 0.00000182. The molecular formula is C17H22ClN5OS. The van der Waals surface area contributed by atoms with Crippen LogP contribution in [-0.2, 0) is 4.79 Å². The fourth-order valence-electron chi connectivity index (χ4n) is 3.22. The van der Waals surface area contributed by atoms with Crippen LogP contribution in [0, 0.1) is 5.92 Å². The summed E-state index contributed by atoms with van der Waals surface area (Å²) >= 11 is 1.63. The number of H-pyrrole nitrogens is 1. The van der Waals surface area contributed by atoms with Gasteiger partial charge in [0.2, 0.25) is 0 Å². The first-order chi connectivity index (χ1) is 11.8. The molecule has 4 heterocycles. The van der Waals surface area contributed by atoms with Gasteiger partial charge < -0.3 is 20.5 Å². The first-order valence-electron chi connectivity index (χ1n) is 8.33. The number of nitrogens with zero attached hydrogens (tertiary/aromatic N) is 2. The molecule has 1 fully saturated rings. The standard InChI is InChI=1S/C17H21N5OS.ClH/c23-17(21-10-12-1-4-18-9-12)15-11-22(7-8-24-15)14-3-6-20-16-13(14)2-5-19-16;/h2-3,5-6,11-12,18H,1,4,7-10H2,(H,19,20)(H,21,23);1H/t12-;/m0./s1. The maximum atomic E-state index is 12.5. The van der Waals surface area contributed by atoms with Gasteiger partial charge in [-0.2, -0.15) is 0 Å². The highest BCUT2D eigenvalue weighted by Gasteiger charge is 2.21. The number of rotatable bonds is 4. The molecule has 25 heavy (non-hydrogen) atoms. The van der Waals surface area contributed by atoms with E-state index in [4.69, 9.17) is 0 Å². The molecule has 8 heteroatoms. The maximum Gasteiger partial charge on any atom is 0.259 e. The lowest BCUT2D eigenvalue weighted by atomic mass is 10.1. The van der Waals surface area contributed by atoms with Crippen molar-refractivity contribution in [1.82, 2.24) is 20.6 Å². The van der Waals surface area contributed by atoms with Crippen LogP contribution in [0.15, 0.2) is 35.6 Å². The molecule has 1 saturated heterocycles. The quantitative estimate of drug-likeness (QED) is 0.758. The van der Waals surface area contributed by atoms with Gasteiger partial charge in [-0.3, -0.25) is 4.79 Å². The maximum absolute atomic E-state index is 12.5. The SMILES string of the molecule is Cl.O=C(NC[C@H]1CCNC1)C1=CN(c2ccnc3[nH]ccc23)CCS1. The van der Waals surface area contributed by atoms with Gasteiger partial charge in [0.25, 0.3) is 5.91 Å². The van der Waals surface area contributed by atoms with Crippen LogP contribution < -0.4 is 15.5 Å². The van der Waals surface area contributed by atoms with Crippen molar-refractivity contribution in [2.75, 3.05) is 36.8 Å². The van der Waals surface area contributed by atoms with Crippen LogP contribution in [-0.4, -0.2) is 47.8 Å². The van der Waals surface area contributed by atoms with Gasteiger partial charge in [-0.05, 0) is 37.6 Å². The number of fused-ring (bicyclic) bond motifs is 1. The fraction of sp³-hybridized carbons (Fsp3) is 0.412. The van der Waals surface area contributed by atoms with Crippen LogP contribution >= 0.6 is 24.2 Å². The van der Waals surface area contributed by atoms with Gasteiger partial charge in [0, 0.05) is 42.8 Å². The zero-order valence-corrected chi connectivity index (χ0v) is 15.5. The smallest absolute Gasteiger partial charge is 0.259 e. The first-order valence-corrected chi connectivity index (χ1v) is 9.32. The Labute approximate surface area is 157 Å². The highest BCUT2D eigenvalue weighted by atomic mass is 35.5. The largest absolute Gasteiger partial charge is 0.351 e. The van der Waals surface area contributed by atoms with E-state index >= 15 is 0 Å². The van der Waals surface area contributed by atoms with E-state index in [-0.39, 0.29) is 18.3 Å². The number of pyridine rings is 1. The third kappa shape index (κ3) is 3.94. The summed E-state index contributed by atoms with van der Waals surface area (Å²) in [5, 5.41) is 7.50. The minimum Gasteiger partial charge on any atom is -0.351 e. The number of aromatic amines is 1. The Morgan fingerprint density at radius 2 is 2.36 bits per heavy atom. The van der Waals surface area contributed by atoms with Crippen LogP contribution in [0.4, 0.5) is 5.69 Å². The normalized spacial score (nSPS) is 20.2. The Bertz CT molecular complexity index is 771. The van der Waals surface area contributed by atoms with Crippen molar-refractivity contribution in [3.05, 3.63) is 35.6 Å². The van der Waals surface area contributed by atoms with E-state index in [1.54, 1.807) is 18.0 Å². The van der Waals surface area contributed by atoms with E-state index in [2.05, 4.69) is 25.5 Å². The summed E-state index contributed by atoms with van der Waals surface area (Å²) in [6, 6.07) is 4.03. The predicted molar refractivity (Wildman–Crippen MR) is 105 cm³/mol. The molecule has 2 aromatic rings. The summed E-state index contributed by atoms with van der Waals surface area (Å²) in [6.45, 7) is 3.70. The molecule has 1 atom stereocenters. The van der Waals surface area contributed by atoms with Gasteiger partial charge in [0.15, 0.2) is 0 Å². The molecule has 2 aliphatic rings. The van der Waals surface area contributed by atoms with Crippen LogP contribution in [0.5, 0.6) is 0 Å². The average molecular weight is 380 g/mol. The van der Waals surface area contributed by atoms with E-state index < -0.39 is 0 Å². The summed E-state index contributed by atoms with van der Waals surface area (Å²) < 4.78 is 0. The topological polar surface area (TPSA) is 73.1 Å². The molecular weight excluding hydrogens is 358 g/mol. The molecule has 0 saturated carbocycles. The van der Waals surface area contributed by atoms with Gasteiger partial charge in [-0.25, -0.2) is 4.98 Å². The number of anilines is 1. The van der Waals surface area contributed by atoms with Gasteiger partial charge >= 0.3 is 0 Å². The Kier molecular flexibility index (Phi) is 5.88. The Hall–Kier alpha value is -1.70. The number of hydrogen-bond acceptors (Lipinski definition) is 5. The highest BCUT2D eigenvalue weighted by Crippen LogP contribution is 2.30. The van der Waals surface area contributed by atoms with Crippen molar-refractivity contribution in [1.29, 1.82) is 0 Å². The van der Waals surface area contributed by atoms with E-state index in [1.807, 2.05) is 24.5 Å². The summed E-state index contributed by atoms with van der Waals surface area (Å²) in [7, 11) is 0. The molecule has 0 spiro atoms. The van der Waals surface area contributed by atoms with Crippen LogP contribution in [0.3, 0.4) is 0 Å². The molecule has 134 valence electrons. The van der Waals surface area contributed by atoms with E-state index in [0.29, 0.717) is 5.92 Å². The minimum absolute atomic E-state index is 0. The van der Waals surface area contributed by atoms with Gasteiger partial charge in [0.05, 0.1) is 10.6 Å². The van der Waals surface area contributed by atoms with E-state index in [1.165, 1.54) is 0 Å². The minimum atomic E-state index is 0. The summed E-state index contributed by atoms with van der Waals surface area (Å²) in [5.41, 5.74) is 1.96. The van der Waals surface area contributed by atoms with Gasteiger partial charge in [-0.1, -0.05) is 0 Å². The van der Waals surface area contributed by atoms with Crippen molar-refractivity contribution >= 4 is 46.8 Å². The Morgan fingerprint density at radius 3 is 3.20 bits per heavy atom. The van der Waals surface area contributed by atoms with E-state index in [0.717, 1.165) is 60.0 Å². The second-order valence-electron chi connectivity index (χ2n) is 6.17. The monoisotopic (exact) mass is 379 g/mol. The van der Waals surface area contributed by atoms with Crippen LogP contribution in [0.25, 0.3) is 11.0 Å². The van der Waals surface area contributed by atoms with Crippen molar-refractivity contribution in [3.63, 3.8) is 0 Å². The van der Waals surface area contributed by atoms with Crippen molar-refractivity contribution < 1.29 is 4.79 Å². The molecule has 2 aliphatic heterocycles. The predicted octanol–water partition coefficient (Wildman–Crippen LogP) is 2.10. The first kappa shape index (κ1) is 18.1. The molecule has 0 bridgehead atoms. The molecule has 1 amide bonds.